The first-order valence-electron chi connectivity index (χ1n) is 11.2. The third-order valence-corrected chi connectivity index (χ3v) is 7.01. The van der Waals surface area contributed by atoms with Crippen LogP contribution in [-0.4, -0.2) is 26.1 Å². The van der Waals surface area contributed by atoms with Gasteiger partial charge < -0.3 is 14.4 Å². The molecule has 6 rings (SSSR count). The van der Waals surface area contributed by atoms with Gasteiger partial charge in [0.15, 0.2) is 11.6 Å². The molecule has 5 heterocycles. The summed E-state index contributed by atoms with van der Waals surface area (Å²) in [6, 6.07) is 8.93. The first-order chi connectivity index (χ1) is 16.4. The Morgan fingerprint density at radius 2 is 1.97 bits per heavy atom. The van der Waals surface area contributed by atoms with Crippen LogP contribution in [0.4, 0.5) is 19.0 Å². The van der Waals surface area contributed by atoms with Gasteiger partial charge in [0.2, 0.25) is 5.88 Å². The highest BCUT2D eigenvalue weighted by Crippen LogP contribution is 2.53. The van der Waals surface area contributed by atoms with Gasteiger partial charge in [-0.3, -0.25) is 9.55 Å². The number of nitrogens with zero attached hydrogens (tertiary/aromatic N) is 4. The molecule has 0 aliphatic carbocycles. The van der Waals surface area contributed by atoms with Crippen LogP contribution in [0, 0.1) is 5.82 Å². The highest BCUT2D eigenvalue weighted by molar-refractivity contribution is 5.54. The van der Waals surface area contributed by atoms with Crippen molar-refractivity contribution in [2.45, 2.75) is 56.8 Å². The van der Waals surface area contributed by atoms with Gasteiger partial charge >= 0.3 is 5.69 Å². The quantitative estimate of drug-likeness (QED) is 0.525. The van der Waals surface area contributed by atoms with Crippen LogP contribution in [0.3, 0.4) is 0 Å². The summed E-state index contributed by atoms with van der Waals surface area (Å²) in [5, 5.41) is 0. The van der Waals surface area contributed by atoms with Crippen LogP contribution in [0.25, 0.3) is 0 Å². The molecule has 10 heteroatoms. The number of hydrogen-bond acceptors (Lipinski definition) is 6. The first-order valence-corrected chi connectivity index (χ1v) is 11.2. The normalized spacial score (nSPS) is 22.2. The van der Waals surface area contributed by atoms with E-state index in [1.54, 1.807) is 16.7 Å². The Hall–Kier alpha value is -3.56. The number of fused-ring (bicyclic) bond motifs is 1. The molecule has 3 aliphatic rings. The number of halogens is 3. The SMILES string of the molecule is O=c1nc(OCc2ccc(Oc3ccnc(C(F)F)c3)c(F)c2)cc2n1CC13CCC(CC1)N23. The minimum absolute atomic E-state index is 0.00640. The number of ether oxygens (including phenoxy) is 2. The number of pyridine rings is 1. The van der Waals surface area contributed by atoms with Crippen molar-refractivity contribution in [3.05, 3.63) is 70.2 Å². The van der Waals surface area contributed by atoms with Crippen molar-refractivity contribution in [1.29, 1.82) is 0 Å². The zero-order valence-corrected chi connectivity index (χ0v) is 18.1. The van der Waals surface area contributed by atoms with Crippen molar-refractivity contribution in [3.8, 4) is 17.4 Å². The average Bonchev–Trinajstić information content (AvgIpc) is 3.45. The summed E-state index contributed by atoms with van der Waals surface area (Å²) in [4.78, 5) is 22.6. The lowest BCUT2D eigenvalue weighted by Gasteiger charge is -2.27. The van der Waals surface area contributed by atoms with Gasteiger partial charge in [0.1, 0.15) is 23.9 Å². The molecule has 0 radical (unpaired) electrons. The summed E-state index contributed by atoms with van der Waals surface area (Å²) in [7, 11) is 0. The van der Waals surface area contributed by atoms with Crippen LogP contribution in [0.5, 0.6) is 17.4 Å². The fourth-order valence-electron chi connectivity index (χ4n) is 5.49. The van der Waals surface area contributed by atoms with Crippen LogP contribution in [0.15, 0.2) is 47.4 Å². The van der Waals surface area contributed by atoms with E-state index in [-0.39, 0.29) is 35.2 Å². The molecule has 0 amide bonds. The van der Waals surface area contributed by atoms with E-state index in [1.807, 2.05) is 0 Å². The molecule has 34 heavy (non-hydrogen) atoms. The number of rotatable bonds is 6. The third-order valence-electron chi connectivity index (χ3n) is 7.01. The summed E-state index contributed by atoms with van der Waals surface area (Å²) in [5.41, 5.74) is -0.236. The molecule has 3 aromatic rings. The largest absolute Gasteiger partial charge is 0.473 e. The maximum absolute atomic E-state index is 14.6. The van der Waals surface area contributed by atoms with Gasteiger partial charge in [-0.1, -0.05) is 6.07 Å². The lowest BCUT2D eigenvalue weighted by molar-refractivity contribution is 0.145. The topological polar surface area (TPSA) is 69.5 Å². The van der Waals surface area contributed by atoms with Crippen molar-refractivity contribution in [2.75, 3.05) is 4.90 Å². The monoisotopic (exact) mass is 470 g/mol. The summed E-state index contributed by atoms with van der Waals surface area (Å²) in [5.74, 6) is 0.333. The van der Waals surface area contributed by atoms with Crippen molar-refractivity contribution < 1.29 is 22.6 Å². The summed E-state index contributed by atoms with van der Waals surface area (Å²) >= 11 is 0. The molecule has 7 nitrogen and oxygen atoms in total. The van der Waals surface area contributed by atoms with Crippen LogP contribution in [0.2, 0.25) is 0 Å². The Morgan fingerprint density at radius 3 is 2.74 bits per heavy atom. The Bertz CT molecular complexity index is 1320. The van der Waals surface area contributed by atoms with Crippen LogP contribution in [0.1, 0.15) is 43.4 Å². The molecule has 176 valence electrons. The zero-order chi connectivity index (χ0) is 23.4. The maximum Gasteiger partial charge on any atom is 0.352 e. The molecule has 0 atom stereocenters. The summed E-state index contributed by atoms with van der Waals surface area (Å²) in [6.07, 6.45) is 2.89. The van der Waals surface area contributed by atoms with Gasteiger partial charge in [0.05, 0.1) is 12.1 Å². The van der Waals surface area contributed by atoms with Gasteiger partial charge in [-0.2, -0.15) is 4.98 Å². The number of anilines is 1. The van der Waals surface area contributed by atoms with Crippen molar-refractivity contribution >= 4 is 5.82 Å². The Balaban J connectivity index is 1.17. The second-order valence-electron chi connectivity index (χ2n) is 9.02. The zero-order valence-electron chi connectivity index (χ0n) is 18.1. The Labute approximate surface area is 192 Å². The molecule has 3 aliphatic heterocycles. The van der Waals surface area contributed by atoms with Gasteiger partial charge in [-0.05, 0) is 49.4 Å². The molecule has 2 saturated heterocycles. The average molecular weight is 470 g/mol. The van der Waals surface area contributed by atoms with Crippen molar-refractivity contribution in [3.63, 3.8) is 0 Å². The van der Waals surface area contributed by atoms with E-state index in [0.29, 0.717) is 18.2 Å². The number of benzene rings is 1. The number of aromatic nitrogens is 3. The molecule has 2 aromatic heterocycles. The minimum Gasteiger partial charge on any atom is -0.473 e. The second kappa shape index (κ2) is 7.75. The van der Waals surface area contributed by atoms with E-state index in [2.05, 4.69) is 14.9 Å². The molecular formula is C24H21F3N4O3. The molecule has 0 saturated carbocycles. The van der Waals surface area contributed by atoms with Crippen LogP contribution < -0.4 is 20.1 Å². The lowest BCUT2D eigenvalue weighted by atomic mass is 9.88. The van der Waals surface area contributed by atoms with Crippen molar-refractivity contribution in [1.82, 2.24) is 14.5 Å². The fraction of sp³-hybridized carbons (Fsp3) is 0.375. The second-order valence-corrected chi connectivity index (χ2v) is 9.02. The smallest absolute Gasteiger partial charge is 0.352 e. The summed E-state index contributed by atoms with van der Waals surface area (Å²) in [6.45, 7) is 0.681. The summed E-state index contributed by atoms with van der Waals surface area (Å²) < 4.78 is 53.1. The molecule has 2 bridgehead atoms. The predicted octanol–water partition coefficient (Wildman–Crippen LogP) is 4.60. The molecule has 0 unspecified atom stereocenters. The van der Waals surface area contributed by atoms with E-state index < -0.39 is 17.9 Å². The van der Waals surface area contributed by atoms with Gasteiger partial charge in [-0.15, -0.1) is 0 Å². The maximum atomic E-state index is 14.6. The molecule has 1 aromatic carbocycles. The van der Waals surface area contributed by atoms with Gasteiger partial charge in [-0.25, -0.2) is 18.0 Å². The highest BCUT2D eigenvalue weighted by Gasteiger charge is 2.56. The Kier molecular flexibility index (Phi) is 4.79. The van der Waals surface area contributed by atoms with E-state index in [9.17, 15) is 18.0 Å². The van der Waals surface area contributed by atoms with E-state index in [4.69, 9.17) is 9.47 Å². The lowest BCUT2D eigenvalue weighted by Crippen LogP contribution is -2.38. The fourth-order valence-corrected chi connectivity index (χ4v) is 5.49. The van der Waals surface area contributed by atoms with E-state index in [0.717, 1.165) is 37.6 Å². The van der Waals surface area contributed by atoms with Crippen molar-refractivity contribution in [2.24, 2.45) is 0 Å². The molecule has 0 spiro atoms. The highest BCUT2D eigenvalue weighted by atomic mass is 19.3. The van der Waals surface area contributed by atoms with Gasteiger partial charge in [0.25, 0.3) is 6.43 Å². The molecule has 0 N–H and O–H groups in total. The molecule has 2 fully saturated rings. The van der Waals surface area contributed by atoms with Crippen LogP contribution >= 0.6 is 0 Å². The minimum atomic E-state index is -2.75. The Morgan fingerprint density at radius 1 is 1.15 bits per heavy atom. The van der Waals surface area contributed by atoms with Gasteiger partial charge in [0, 0.05) is 24.4 Å². The number of hydrogen-bond donors (Lipinski definition) is 0. The van der Waals surface area contributed by atoms with Crippen LogP contribution in [-0.2, 0) is 13.2 Å². The van der Waals surface area contributed by atoms with E-state index in [1.165, 1.54) is 24.4 Å². The third kappa shape index (κ3) is 3.39. The predicted molar refractivity (Wildman–Crippen MR) is 116 cm³/mol. The standard InChI is InChI=1S/C24H21F3N4O3/c25-17-9-14(1-2-19(17)34-16-5-8-28-18(10-16)22(26)27)12-33-20-11-21-30(23(32)29-20)13-24-6-3-15(4-7-24)31(21)24/h1-2,5,8-11,15,22H,3-4,6-7,12-13H2. The number of alkyl halides is 2. The molecular weight excluding hydrogens is 449 g/mol. The van der Waals surface area contributed by atoms with E-state index >= 15 is 0 Å². The first kappa shape index (κ1) is 21.0.